The molecule has 0 aliphatic carbocycles. The van der Waals surface area contributed by atoms with Gasteiger partial charge in [-0.2, -0.15) is 5.26 Å². The van der Waals surface area contributed by atoms with Crippen LogP contribution < -0.4 is 5.73 Å². The van der Waals surface area contributed by atoms with E-state index in [9.17, 15) is 0 Å². The summed E-state index contributed by atoms with van der Waals surface area (Å²) in [6, 6.07) is 16.1. The minimum absolute atomic E-state index is 0.686. The Labute approximate surface area is 153 Å². The maximum absolute atomic E-state index is 8.92. The number of nitrogens with two attached hydrogens (primary N) is 1. The summed E-state index contributed by atoms with van der Waals surface area (Å²) in [5.74, 6) is 0. The zero-order chi connectivity index (χ0) is 17.9. The van der Waals surface area contributed by atoms with E-state index in [1.807, 2.05) is 42.9 Å². The normalized spacial score (nSPS) is 14.0. The Morgan fingerprint density at radius 2 is 1.92 bits per heavy atom. The molecule has 2 aromatic carbocycles. The van der Waals surface area contributed by atoms with Crippen molar-refractivity contribution >= 4 is 5.69 Å². The predicted molar refractivity (Wildman–Crippen MR) is 101 cm³/mol. The number of aromatic nitrogens is 2. The molecule has 0 fully saturated rings. The van der Waals surface area contributed by atoms with Crippen LogP contribution in [-0.2, 0) is 26.1 Å². The number of hydrogen-bond donors (Lipinski definition) is 1. The van der Waals surface area contributed by atoms with Crippen molar-refractivity contribution in [3.63, 3.8) is 0 Å². The second-order valence-corrected chi connectivity index (χ2v) is 6.81. The summed E-state index contributed by atoms with van der Waals surface area (Å²) in [4.78, 5) is 6.78. The van der Waals surface area contributed by atoms with Crippen molar-refractivity contribution in [2.45, 2.75) is 26.1 Å². The van der Waals surface area contributed by atoms with Gasteiger partial charge in [0.2, 0.25) is 0 Å². The molecule has 0 amide bonds. The molecule has 1 aliphatic rings. The lowest BCUT2D eigenvalue weighted by Crippen LogP contribution is -2.31. The largest absolute Gasteiger partial charge is 0.399 e. The third-order valence-electron chi connectivity index (χ3n) is 4.94. The summed E-state index contributed by atoms with van der Waals surface area (Å²) in [5, 5.41) is 8.92. The van der Waals surface area contributed by atoms with Gasteiger partial charge >= 0.3 is 0 Å². The van der Waals surface area contributed by atoms with Crippen molar-refractivity contribution in [1.82, 2.24) is 14.5 Å². The van der Waals surface area contributed by atoms with Gasteiger partial charge in [-0.05, 0) is 47.4 Å². The van der Waals surface area contributed by atoms with Crippen LogP contribution in [0.2, 0.25) is 0 Å². The fourth-order valence-electron chi connectivity index (χ4n) is 3.50. The number of anilines is 1. The van der Waals surface area contributed by atoms with Crippen LogP contribution in [0.15, 0.2) is 55.0 Å². The summed E-state index contributed by atoms with van der Waals surface area (Å²) in [7, 11) is 0. The summed E-state index contributed by atoms with van der Waals surface area (Å²) in [5.41, 5.74) is 12.6. The van der Waals surface area contributed by atoms with E-state index in [0.29, 0.717) is 5.56 Å². The van der Waals surface area contributed by atoms with E-state index in [4.69, 9.17) is 11.0 Å². The average Bonchev–Trinajstić information content (AvgIpc) is 3.08. The molecule has 1 aliphatic heterocycles. The number of hydrogen-bond acceptors (Lipinski definition) is 4. The molecule has 0 bridgehead atoms. The molecule has 0 saturated carbocycles. The Kier molecular flexibility index (Phi) is 4.42. The molecule has 2 N–H and O–H groups in total. The number of nitriles is 1. The number of fused-ring (bicyclic) bond motifs is 1. The minimum atomic E-state index is 0.686. The van der Waals surface area contributed by atoms with Gasteiger partial charge in [-0.3, -0.25) is 4.90 Å². The quantitative estimate of drug-likeness (QED) is 0.740. The Morgan fingerprint density at radius 1 is 1.08 bits per heavy atom. The standard InChI is InChI=1S/C21H21N5/c22-10-16-1-3-17(4-2-16)12-26-15-24-11-21(26)14-25-8-7-18-5-6-20(23)9-19(18)13-25/h1-6,9,11,15H,7-8,12-14,23H2. The lowest BCUT2D eigenvalue weighted by atomic mass is 9.99. The maximum Gasteiger partial charge on any atom is 0.0991 e. The molecular weight excluding hydrogens is 322 g/mol. The van der Waals surface area contributed by atoms with Crippen LogP contribution in [0.5, 0.6) is 0 Å². The van der Waals surface area contributed by atoms with E-state index in [0.717, 1.165) is 38.3 Å². The first kappa shape index (κ1) is 16.4. The number of imidazole rings is 1. The number of nitrogen functional groups attached to an aromatic ring is 1. The Bertz CT molecular complexity index is 949. The first-order valence-electron chi connectivity index (χ1n) is 8.79. The molecule has 0 unspecified atom stereocenters. The Balaban J connectivity index is 1.46. The third-order valence-corrected chi connectivity index (χ3v) is 4.94. The summed E-state index contributed by atoms with van der Waals surface area (Å²) in [6.45, 7) is 3.59. The number of nitrogens with zero attached hydrogens (tertiary/aromatic N) is 4. The van der Waals surface area contributed by atoms with Crippen molar-refractivity contribution in [2.75, 3.05) is 12.3 Å². The molecule has 2 heterocycles. The van der Waals surface area contributed by atoms with Crippen LogP contribution in [0.3, 0.4) is 0 Å². The van der Waals surface area contributed by atoms with Crippen molar-refractivity contribution in [2.24, 2.45) is 0 Å². The van der Waals surface area contributed by atoms with Gasteiger partial charge in [-0.1, -0.05) is 18.2 Å². The predicted octanol–water partition coefficient (Wildman–Crippen LogP) is 2.94. The molecule has 0 saturated heterocycles. The van der Waals surface area contributed by atoms with Gasteiger partial charge in [0.25, 0.3) is 0 Å². The molecule has 26 heavy (non-hydrogen) atoms. The smallest absolute Gasteiger partial charge is 0.0991 e. The lowest BCUT2D eigenvalue weighted by molar-refractivity contribution is 0.240. The van der Waals surface area contributed by atoms with Crippen molar-refractivity contribution in [1.29, 1.82) is 5.26 Å². The highest BCUT2D eigenvalue weighted by Gasteiger charge is 2.17. The highest BCUT2D eigenvalue weighted by Crippen LogP contribution is 2.22. The van der Waals surface area contributed by atoms with Gasteiger partial charge in [0, 0.05) is 38.1 Å². The van der Waals surface area contributed by atoms with Crippen LogP contribution in [0.4, 0.5) is 5.69 Å². The van der Waals surface area contributed by atoms with Crippen LogP contribution in [0.25, 0.3) is 0 Å². The van der Waals surface area contributed by atoms with Gasteiger partial charge in [-0.15, -0.1) is 0 Å². The molecule has 1 aromatic heterocycles. The van der Waals surface area contributed by atoms with Crippen molar-refractivity contribution < 1.29 is 0 Å². The van der Waals surface area contributed by atoms with Crippen LogP contribution >= 0.6 is 0 Å². The number of rotatable bonds is 4. The topological polar surface area (TPSA) is 70.9 Å². The summed E-state index contributed by atoms with van der Waals surface area (Å²) >= 11 is 0. The zero-order valence-electron chi connectivity index (χ0n) is 14.6. The highest BCUT2D eigenvalue weighted by atomic mass is 15.2. The van der Waals surface area contributed by atoms with Gasteiger partial charge in [-0.25, -0.2) is 4.98 Å². The zero-order valence-corrected chi connectivity index (χ0v) is 14.6. The van der Waals surface area contributed by atoms with E-state index in [1.165, 1.54) is 22.4 Å². The Morgan fingerprint density at radius 3 is 2.73 bits per heavy atom. The van der Waals surface area contributed by atoms with E-state index in [2.05, 4.69) is 32.7 Å². The molecular formula is C21H21N5. The fourth-order valence-corrected chi connectivity index (χ4v) is 3.50. The first-order chi connectivity index (χ1) is 12.7. The molecule has 3 aromatic rings. The molecule has 0 atom stereocenters. The molecule has 130 valence electrons. The third kappa shape index (κ3) is 3.46. The van der Waals surface area contributed by atoms with Crippen molar-refractivity contribution in [3.8, 4) is 6.07 Å². The number of benzene rings is 2. The van der Waals surface area contributed by atoms with Crippen LogP contribution in [0.1, 0.15) is 27.9 Å². The fraction of sp³-hybridized carbons (Fsp3) is 0.238. The van der Waals surface area contributed by atoms with Gasteiger partial charge < -0.3 is 10.3 Å². The molecule has 5 heteroatoms. The van der Waals surface area contributed by atoms with Crippen LogP contribution in [0, 0.1) is 11.3 Å². The summed E-state index contributed by atoms with van der Waals surface area (Å²) in [6.07, 6.45) is 4.88. The lowest BCUT2D eigenvalue weighted by Gasteiger charge is -2.29. The maximum atomic E-state index is 8.92. The van der Waals surface area contributed by atoms with E-state index in [1.54, 1.807) is 0 Å². The Hall–Kier alpha value is -3.10. The highest BCUT2D eigenvalue weighted by molar-refractivity contribution is 5.45. The summed E-state index contributed by atoms with van der Waals surface area (Å²) < 4.78 is 2.18. The molecule has 0 spiro atoms. The SMILES string of the molecule is N#Cc1ccc(Cn2cncc2CN2CCc3ccc(N)cc3C2)cc1. The monoisotopic (exact) mass is 343 g/mol. The van der Waals surface area contributed by atoms with E-state index < -0.39 is 0 Å². The van der Waals surface area contributed by atoms with Crippen molar-refractivity contribution in [3.05, 3.63) is 82.9 Å². The first-order valence-corrected chi connectivity index (χ1v) is 8.79. The minimum Gasteiger partial charge on any atom is -0.399 e. The molecule has 5 nitrogen and oxygen atoms in total. The van der Waals surface area contributed by atoms with E-state index in [-0.39, 0.29) is 0 Å². The van der Waals surface area contributed by atoms with Gasteiger partial charge in [0.05, 0.1) is 23.7 Å². The van der Waals surface area contributed by atoms with E-state index >= 15 is 0 Å². The average molecular weight is 343 g/mol. The van der Waals surface area contributed by atoms with Gasteiger partial charge in [0.15, 0.2) is 0 Å². The second kappa shape index (κ2) is 7.03. The second-order valence-electron chi connectivity index (χ2n) is 6.81. The molecule has 4 rings (SSSR count). The van der Waals surface area contributed by atoms with Gasteiger partial charge in [0.1, 0.15) is 0 Å². The molecule has 0 radical (unpaired) electrons. The van der Waals surface area contributed by atoms with Crippen LogP contribution in [-0.4, -0.2) is 21.0 Å².